The van der Waals surface area contributed by atoms with E-state index in [1.165, 1.54) is 18.4 Å². The summed E-state index contributed by atoms with van der Waals surface area (Å²) >= 11 is 1.22. The first-order valence-corrected chi connectivity index (χ1v) is 8.60. The summed E-state index contributed by atoms with van der Waals surface area (Å²) in [6.07, 6.45) is 1.07. The molecule has 20 heavy (non-hydrogen) atoms. The molecule has 0 saturated carbocycles. The van der Waals surface area contributed by atoms with E-state index in [2.05, 4.69) is 5.32 Å². The lowest BCUT2D eigenvalue weighted by Gasteiger charge is -2.20. The molecule has 7 nitrogen and oxygen atoms in total. The average molecular weight is 320 g/mol. The summed E-state index contributed by atoms with van der Waals surface area (Å²) in [4.78, 5) is 24.6. The molecule has 0 aliphatic rings. The molecule has 0 radical (unpaired) electrons. The molecule has 2 N–H and O–H groups in total. The lowest BCUT2D eigenvalue weighted by molar-refractivity contribution is -0.139. The molecule has 0 aliphatic heterocycles. The molecule has 0 aliphatic carbocycles. The maximum absolute atomic E-state index is 11.8. The minimum Gasteiger partial charge on any atom is -0.479 e. The van der Waals surface area contributed by atoms with E-state index >= 15 is 0 Å². The van der Waals surface area contributed by atoms with Crippen molar-refractivity contribution < 1.29 is 23.1 Å². The number of carbonyl (C=O) groups excluding carboxylic acids is 1. The molecular weight excluding hydrogens is 304 g/mol. The predicted octanol–water partition coefficient (Wildman–Crippen LogP) is 0.560. The monoisotopic (exact) mass is 320 g/mol. The molecule has 1 rings (SSSR count). The van der Waals surface area contributed by atoms with Crippen LogP contribution in [0.4, 0.5) is 4.79 Å². The second-order valence-corrected chi connectivity index (χ2v) is 7.53. The third-order valence-electron chi connectivity index (χ3n) is 2.49. The number of carboxylic acid groups (broad SMARTS) is 1. The summed E-state index contributed by atoms with van der Waals surface area (Å²) in [6, 6.07) is 1.54. The summed E-state index contributed by atoms with van der Waals surface area (Å²) in [5.74, 6) is -1.34. The molecule has 0 fully saturated rings. The molecule has 0 spiro atoms. The first-order chi connectivity index (χ1) is 9.20. The van der Waals surface area contributed by atoms with E-state index in [-0.39, 0.29) is 12.3 Å². The lowest BCUT2D eigenvalue weighted by Crippen LogP contribution is -2.43. The van der Waals surface area contributed by atoms with Crippen LogP contribution in [0.5, 0.6) is 0 Å². The van der Waals surface area contributed by atoms with Gasteiger partial charge in [-0.3, -0.25) is 0 Å². The number of nitrogens with zero attached hydrogens (tertiary/aromatic N) is 1. The fraction of sp³-hybridized carbons (Fsp3) is 0.455. The van der Waals surface area contributed by atoms with Crippen molar-refractivity contribution in [2.24, 2.45) is 0 Å². The van der Waals surface area contributed by atoms with E-state index in [9.17, 15) is 18.0 Å². The summed E-state index contributed by atoms with van der Waals surface area (Å²) in [7, 11) is -1.77. The highest BCUT2D eigenvalue weighted by molar-refractivity contribution is 7.90. The fourth-order valence-electron chi connectivity index (χ4n) is 1.35. The summed E-state index contributed by atoms with van der Waals surface area (Å²) in [6.45, 7) is 0.00143. The molecule has 9 heteroatoms. The molecule has 1 aromatic heterocycles. The molecule has 0 aromatic carbocycles. The Morgan fingerprint density at radius 3 is 2.60 bits per heavy atom. The lowest BCUT2D eigenvalue weighted by atomic mass is 10.2. The summed E-state index contributed by atoms with van der Waals surface area (Å²) in [5, 5.41) is 13.2. The molecule has 2 amide bonds. The van der Waals surface area contributed by atoms with Gasteiger partial charge in [-0.05, 0) is 11.4 Å². The third kappa shape index (κ3) is 5.17. The van der Waals surface area contributed by atoms with Gasteiger partial charge in [-0.15, -0.1) is 11.3 Å². The second kappa shape index (κ2) is 6.71. The van der Waals surface area contributed by atoms with Gasteiger partial charge in [-0.2, -0.15) is 0 Å². The van der Waals surface area contributed by atoms with Gasteiger partial charge in [0, 0.05) is 24.7 Å². The van der Waals surface area contributed by atoms with Crippen molar-refractivity contribution in [1.29, 1.82) is 0 Å². The molecule has 0 bridgehead atoms. The minimum absolute atomic E-state index is 0.00143. The summed E-state index contributed by atoms with van der Waals surface area (Å²) in [5.41, 5.74) is 0. The van der Waals surface area contributed by atoms with Gasteiger partial charge in [-0.1, -0.05) is 6.07 Å². The average Bonchev–Trinajstić information content (AvgIpc) is 2.84. The Balaban J connectivity index is 2.65. The SMILES string of the molecule is CN(CCS(C)(=O)=O)C(=O)NC(C(=O)O)c1cccs1. The number of hydrogen-bond acceptors (Lipinski definition) is 5. The highest BCUT2D eigenvalue weighted by atomic mass is 32.2. The maximum atomic E-state index is 11.8. The van der Waals surface area contributed by atoms with Crippen LogP contribution in [0.1, 0.15) is 10.9 Å². The fourth-order valence-corrected chi connectivity index (χ4v) is 2.72. The first-order valence-electron chi connectivity index (χ1n) is 5.66. The van der Waals surface area contributed by atoms with Crippen LogP contribution in [0.2, 0.25) is 0 Å². The Bertz CT molecular complexity index is 568. The van der Waals surface area contributed by atoms with Crippen molar-refractivity contribution in [2.45, 2.75) is 6.04 Å². The quantitative estimate of drug-likeness (QED) is 0.797. The van der Waals surface area contributed by atoms with E-state index < -0.39 is 27.9 Å². The molecule has 1 atom stereocenters. The van der Waals surface area contributed by atoms with Gasteiger partial charge < -0.3 is 15.3 Å². The van der Waals surface area contributed by atoms with Crippen LogP contribution >= 0.6 is 11.3 Å². The number of sulfone groups is 1. The molecule has 112 valence electrons. The summed E-state index contributed by atoms with van der Waals surface area (Å²) < 4.78 is 22.0. The largest absolute Gasteiger partial charge is 0.479 e. The maximum Gasteiger partial charge on any atom is 0.331 e. The van der Waals surface area contributed by atoms with E-state index in [0.717, 1.165) is 11.2 Å². The van der Waals surface area contributed by atoms with Gasteiger partial charge >= 0.3 is 12.0 Å². The van der Waals surface area contributed by atoms with Crippen molar-refractivity contribution in [3.05, 3.63) is 22.4 Å². The minimum atomic E-state index is -3.18. The number of carboxylic acids is 1. The Morgan fingerprint density at radius 2 is 2.15 bits per heavy atom. The van der Waals surface area contributed by atoms with Crippen LogP contribution in [-0.4, -0.2) is 56.0 Å². The van der Waals surface area contributed by atoms with Crippen LogP contribution in [0.15, 0.2) is 17.5 Å². The van der Waals surface area contributed by atoms with Crippen LogP contribution in [-0.2, 0) is 14.6 Å². The van der Waals surface area contributed by atoms with Crippen LogP contribution < -0.4 is 5.32 Å². The number of hydrogen-bond donors (Lipinski definition) is 2. The zero-order valence-corrected chi connectivity index (χ0v) is 12.7. The molecule has 0 saturated heterocycles. The van der Waals surface area contributed by atoms with Gasteiger partial charge in [-0.25, -0.2) is 18.0 Å². The van der Waals surface area contributed by atoms with E-state index in [4.69, 9.17) is 5.11 Å². The smallest absolute Gasteiger partial charge is 0.331 e. The Kier molecular flexibility index (Phi) is 5.52. The number of amides is 2. The van der Waals surface area contributed by atoms with Gasteiger partial charge in [0.1, 0.15) is 9.84 Å². The zero-order valence-electron chi connectivity index (χ0n) is 11.1. The van der Waals surface area contributed by atoms with Crippen molar-refractivity contribution in [3.63, 3.8) is 0 Å². The zero-order chi connectivity index (χ0) is 15.3. The standard InChI is InChI=1S/C11H16N2O5S2/c1-13(5-7-20(2,17)18)11(16)12-9(10(14)15)8-4-3-6-19-8/h3-4,6,9H,5,7H2,1-2H3,(H,12,16)(H,14,15). The Morgan fingerprint density at radius 1 is 1.50 bits per heavy atom. The molecule has 1 aromatic rings. The Hall–Kier alpha value is -1.61. The van der Waals surface area contributed by atoms with Crippen molar-refractivity contribution in [2.75, 3.05) is 25.6 Å². The third-order valence-corrected chi connectivity index (χ3v) is 4.35. The first kappa shape index (κ1) is 16.4. The number of rotatable bonds is 6. The van der Waals surface area contributed by atoms with Crippen LogP contribution in [0.3, 0.4) is 0 Å². The normalized spacial score (nSPS) is 12.7. The topological polar surface area (TPSA) is 104 Å². The van der Waals surface area contributed by atoms with E-state index in [1.807, 2.05) is 0 Å². The molecule has 1 heterocycles. The number of carbonyl (C=O) groups is 2. The second-order valence-electron chi connectivity index (χ2n) is 4.29. The van der Waals surface area contributed by atoms with Crippen molar-refractivity contribution in [3.8, 4) is 0 Å². The molecular formula is C11H16N2O5S2. The Labute approximate surface area is 121 Å². The molecule has 1 unspecified atom stereocenters. The van der Waals surface area contributed by atoms with Gasteiger partial charge in [0.15, 0.2) is 6.04 Å². The van der Waals surface area contributed by atoms with Crippen molar-refractivity contribution in [1.82, 2.24) is 10.2 Å². The highest BCUT2D eigenvalue weighted by Crippen LogP contribution is 2.19. The van der Waals surface area contributed by atoms with Gasteiger partial charge in [0.2, 0.25) is 0 Å². The number of nitrogens with one attached hydrogen (secondary N) is 1. The number of thiophene rings is 1. The number of urea groups is 1. The highest BCUT2D eigenvalue weighted by Gasteiger charge is 2.24. The van der Waals surface area contributed by atoms with Crippen LogP contribution in [0, 0.1) is 0 Å². The van der Waals surface area contributed by atoms with Gasteiger partial charge in [0.25, 0.3) is 0 Å². The van der Waals surface area contributed by atoms with Crippen molar-refractivity contribution >= 4 is 33.2 Å². The van der Waals surface area contributed by atoms with Gasteiger partial charge in [0.05, 0.1) is 5.75 Å². The number of aliphatic carboxylic acids is 1. The van der Waals surface area contributed by atoms with E-state index in [1.54, 1.807) is 17.5 Å². The van der Waals surface area contributed by atoms with E-state index in [0.29, 0.717) is 4.88 Å². The van der Waals surface area contributed by atoms with Crippen LogP contribution in [0.25, 0.3) is 0 Å². The predicted molar refractivity (Wildman–Crippen MR) is 75.6 cm³/mol.